The van der Waals surface area contributed by atoms with Gasteiger partial charge in [-0.2, -0.15) is 0 Å². The lowest BCUT2D eigenvalue weighted by Gasteiger charge is -2.41. The van der Waals surface area contributed by atoms with Gasteiger partial charge in [0.2, 0.25) is 5.91 Å². The third-order valence-electron chi connectivity index (χ3n) is 8.27. The zero-order valence-corrected chi connectivity index (χ0v) is 28.9. The van der Waals surface area contributed by atoms with Crippen LogP contribution in [0.2, 0.25) is 0 Å². The Bertz CT molecular complexity index is 1190. The number of nitrogens with zero attached hydrogens (tertiary/aromatic N) is 3. The number of likely N-dealkylation sites (N-methyl/N-ethyl adjacent to an activating group) is 1. The molecule has 0 radical (unpaired) electrons. The molecule has 1 aliphatic heterocycles. The summed E-state index contributed by atoms with van der Waals surface area (Å²) in [6.07, 6.45) is 8.78. The maximum Gasteiger partial charge on any atom is 0.306 e. The van der Waals surface area contributed by atoms with Gasteiger partial charge in [0.25, 0.3) is 0 Å². The molecular formula is C33H47N3O4S3. The molecule has 236 valence electrons. The molecule has 0 aromatic heterocycles. The van der Waals surface area contributed by atoms with Crippen molar-refractivity contribution < 1.29 is 19.1 Å². The van der Waals surface area contributed by atoms with Crippen LogP contribution in [0.1, 0.15) is 52.5 Å². The average molecular weight is 646 g/mol. The molecule has 1 aromatic rings. The predicted octanol–water partition coefficient (Wildman–Crippen LogP) is 5.60. The molecule has 1 aromatic carbocycles. The van der Waals surface area contributed by atoms with Crippen LogP contribution in [0.3, 0.4) is 0 Å². The molecule has 1 amide bonds. The van der Waals surface area contributed by atoms with E-state index in [0.717, 1.165) is 25.2 Å². The number of ketones is 1. The van der Waals surface area contributed by atoms with Crippen LogP contribution in [0.5, 0.6) is 0 Å². The van der Waals surface area contributed by atoms with E-state index < -0.39 is 10.3 Å². The largest absolute Gasteiger partial charge is 0.466 e. The summed E-state index contributed by atoms with van der Waals surface area (Å²) in [5.74, 6) is 0.496. The molecular weight excluding hydrogens is 599 g/mol. The van der Waals surface area contributed by atoms with E-state index in [4.69, 9.17) is 17.0 Å². The number of amides is 1. The van der Waals surface area contributed by atoms with Crippen LogP contribution in [0.15, 0.2) is 54.3 Å². The molecule has 0 spiro atoms. The Kier molecular flexibility index (Phi) is 13.4. The van der Waals surface area contributed by atoms with E-state index in [1.807, 2.05) is 51.0 Å². The molecule has 1 fully saturated rings. The summed E-state index contributed by atoms with van der Waals surface area (Å²) in [4.78, 5) is 45.3. The standard InChI is InChI=1S/C33H47N3O4S3/c1-7-33(34(5)6,24-25-12-10-9-11-13-25)29(38)26-14-16-27(17-15-26)35-19-21-36(22-20-35)30(39)32(3,4)43-31(41)42-23-18-28(37)40-8-2/h9-14,16-17,26H,7-8,15,18-24H2,1-6H3. The number of benzene rings is 1. The number of hydrogen-bond acceptors (Lipinski definition) is 9. The molecule has 0 saturated carbocycles. The Hall–Kier alpha value is -2.14. The molecule has 10 heteroatoms. The van der Waals surface area contributed by atoms with Gasteiger partial charge in [-0.05, 0) is 65.8 Å². The van der Waals surface area contributed by atoms with Crippen molar-refractivity contribution in [3.63, 3.8) is 0 Å². The fraction of sp³-hybridized carbons (Fsp3) is 0.576. The minimum Gasteiger partial charge on any atom is -0.466 e. The Morgan fingerprint density at radius 1 is 1.07 bits per heavy atom. The Labute approximate surface area is 271 Å². The number of Topliss-reactive ketones (excluding diaryl/α,β-unsaturated/α-hetero) is 1. The minimum atomic E-state index is -0.689. The number of carbonyl (C=O) groups is 3. The number of allylic oxidation sites excluding steroid dienone is 3. The van der Waals surface area contributed by atoms with Gasteiger partial charge in [0.05, 0.1) is 23.3 Å². The highest BCUT2D eigenvalue weighted by atomic mass is 32.2. The zero-order chi connectivity index (χ0) is 31.6. The lowest BCUT2D eigenvalue weighted by atomic mass is 9.76. The predicted molar refractivity (Wildman–Crippen MR) is 183 cm³/mol. The van der Waals surface area contributed by atoms with Crippen molar-refractivity contribution in [2.75, 3.05) is 52.6 Å². The molecule has 1 heterocycles. The van der Waals surface area contributed by atoms with Crippen molar-refractivity contribution in [1.29, 1.82) is 0 Å². The van der Waals surface area contributed by atoms with Crippen molar-refractivity contribution >= 4 is 56.9 Å². The van der Waals surface area contributed by atoms with E-state index in [1.165, 1.54) is 29.1 Å². The first kappa shape index (κ1) is 35.3. The first-order chi connectivity index (χ1) is 20.4. The van der Waals surface area contributed by atoms with Crippen LogP contribution in [0, 0.1) is 5.92 Å². The normalized spacial score (nSPS) is 18.7. The van der Waals surface area contributed by atoms with Crippen LogP contribution in [0.4, 0.5) is 0 Å². The van der Waals surface area contributed by atoms with Gasteiger partial charge in [-0.3, -0.25) is 19.3 Å². The fourth-order valence-corrected chi connectivity index (χ4v) is 8.73. The maximum atomic E-state index is 14.0. The van der Waals surface area contributed by atoms with Crippen molar-refractivity contribution in [3.8, 4) is 0 Å². The summed E-state index contributed by atoms with van der Waals surface area (Å²) in [6.45, 7) is 10.8. The molecule has 2 unspecified atom stereocenters. The second-order valence-electron chi connectivity index (χ2n) is 11.7. The number of piperazine rings is 1. The molecule has 43 heavy (non-hydrogen) atoms. The van der Waals surface area contributed by atoms with Crippen molar-refractivity contribution in [2.45, 2.75) is 63.7 Å². The van der Waals surface area contributed by atoms with Gasteiger partial charge in [0, 0.05) is 43.5 Å². The van der Waals surface area contributed by atoms with Crippen molar-refractivity contribution in [2.24, 2.45) is 5.92 Å². The van der Waals surface area contributed by atoms with Crippen LogP contribution < -0.4 is 0 Å². The molecule has 1 saturated heterocycles. The summed E-state index contributed by atoms with van der Waals surface area (Å²) in [7, 11) is 4.02. The molecule has 0 bridgehead atoms. The first-order valence-electron chi connectivity index (χ1n) is 15.1. The van der Waals surface area contributed by atoms with E-state index in [2.05, 4.69) is 47.1 Å². The van der Waals surface area contributed by atoms with E-state index >= 15 is 0 Å². The van der Waals surface area contributed by atoms with Gasteiger partial charge in [-0.1, -0.05) is 73.4 Å². The first-order valence-corrected chi connectivity index (χ1v) is 17.3. The van der Waals surface area contributed by atoms with E-state index in [0.29, 0.717) is 48.2 Å². The van der Waals surface area contributed by atoms with Crippen LogP contribution in [0.25, 0.3) is 0 Å². The third kappa shape index (κ3) is 9.42. The number of ether oxygens (including phenoxy) is 1. The van der Waals surface area contributed by atoms with Crippen molar-refractivity contribution in [3.05, 3.63) is 59.8 Å². The number of thioether (sulfide) groups is 2. The molecule has 2 aliphatic rings. The number of esters is 1. The summed E-state index contributed by atoms with van der Waals surface area (Å²) < 4.78 is 4.94. The van der Waals surface area contributed by atoms with Crippen LogP contribution >= 0.6 is 35.7 Å². The molecule has 7 nitrogen and oxygen atoms in total. The number of hydrogen-bond donors (Lipinski definition) is 0. The van der Waals surface area contributed by atoms with Crippen molar-refractivity contribution in [1.82, 2.24) is 14.7 Å². The molecule has 2 atom stereocenters. The highest BCUT2D eigenvalue weighted by molar-refractivity contribution is 8.47. The summed E-state index contributed by atoms with van der Waals surface area (Å²) in [5.41, 5.74) is 1.74. The molecule has 0 N–H and O–H groups in total. The summed E-state index contributed by atoms with van der Waals surface area (Å²) in [6, 6.07) is 10.3. The van der Waals surface area contributed by atoms with Gasteiger partial charge < -0.3 is 14.5 Å². The van der Waals surface area contributed by atoms with Crippen LogP contribution in [-0.2, 0) is 25.5 Å². The maximum absolute atomic E-state index is 14.0. The minimum absolute atomic E-state index is 0.0716. The average Bonchev–Trinajstić information content (AvgIpc) is 2.99. The second kappa shape index (κ2) is 16.3. The summed E-state index contributed by atoms with van der Waals surface area (Å²) >= 11 is 8.31. The second-order valence-corrected chi connectivity index (χ2v) is 15.6. The SMILES string of the molecule is CCOC(=O)CCSC(=S)SC(C)(C)C(=O)N1CCN(C2=CCC(C(=O)C(CC)(Cc3ccccc3)N(C)C)C=C2)CC1. The van der Waals surface area contributed by atoms with E-state index in [9.17, 15) is 14.4 Å². The quantitative estimate of drug-likeness (QED) is 0.202. The smallest absolute Gasteiger partial charge is 0.306 e. The Morgan fingerprint density at radius 2 is 1.74 bits per heavy atom. The van der Waals surface area contributed by atoms with Gasteiger partial charge in [-0.25, -0.2) is 0 Å². The monoisotopic (exact) mass is 645 g/mol. The number of thiocarbonyl (C=S) groups is 1. The van der Waals surface area contributed by atoms with Gasteiger partial charge >= 0.3 is 5.97 Å². The van der Waals surface area contributed by atoms with E-state index in [-0.39, 0.29) is 23.6 Å². The third-order valence-corrected chi connectivity index (χ3v) is 11.0. The molecule has 3 rings (SSSR count). The highest BCUT2D eigenvalue weighted by Crippen LogP contribution is 2.34. The highest BCUT2D eigenvalue weighted by Gasteiger charge is 2.42. The summed E-state index contributed by atoms with van der Waals surface area (Å²) in [5, 5.41) is 0. The topological polar surface area (TPSA) is 70.2 Å². The fourth-order valence-electron chi connectivity index (χ4n) is 5.68. The van der Waals surface area contributed by atoms with Gasteiger partial charge in [-0.15, -0.1) is 11.8 Å². The Balaban J connectivity index is 1.52. The van der Waals surface area contributed by atoms with Crippen LogP contribution in [-0.4, -0.2) is 98.8 Å². The zero-order valence-electron chi connectivity index (χ0n) is 26.5. The van der Waals surface area contributed by atoms with E-state index in [1.54, 1.807) is 6.92 Å². The van der Waals surface area contributed by atoms with Gasteiger partial charge in [0.15, 0.2) is 5.78 Å². The Morgan fingerprint density at radius 3 is 2.30 bits per heavy atom. The lowest BCUT2D eigenvalue weighted by Crippen LogP contribution is -2.55. The number of carbonyl (C=O) groups excluding carboxylic acids is 3. The lowest BCUT2D eigenvalue weighted by molar-refractivity contribution is -0.142. The number of rotatable bonds is 13. The molecule has 1 aliphatic carbocycles. The van der Waals surface area contributed by atoms with Gasteiger partial charge in [0.1, 0.15) is 3.53 Å².